The van der Waals surface area contributed by atoms with Crippen LogP contribution in [0, 0.1) is 11.3 Å². The molecule has 0 bridgehead atoms. The first-order valence-corrected chi connectivity index (χ1v) is 8.80. The number of amides is 1. The number of nitrogens with zero attached hydrogens (tertiary/aromatic N) is 5. The molecule has 0 aliphatic heterocycles. The van der Waals surface area contributed by atoms with E-state index in [9.17, 15) is 10.1 Å². The molecule has 1 N–H and O–H groups in total. The molecule has 8 heteroatoms. The molecule has 27 heavy (non-hydrogen) atoms. The summed E-state index contributed by atoms with van der Waals surface area (Å²) in [6.45, 7) is 0.181. The molecule has 134 valence electrons. The van der Waals surface area contributed by atoms with Gasteiger partial charge >= 0.3 is 0 Å². The number of hydrogen-bond donors (Lipinski definition) is 1. The minimum Gasteiger partial charge on any atom is -0.345 e. The Kier molecular flexibility index (Phi) is 4.34. The Balaban J connectivity index is 1.52. The maximum absolute atomic E-state index is 12.6. The van der Waals surface area contributed by atoms with Crippen LogP contribution in [0.2, 0.25) is 5.02 Å². The van der Waals surface area contributed by atoms with E-state index in [4.69, 9.17) is 11.6 Å². The van der Waals surface area contributed by atoms with Gasteiger partial charge in [0.05, 0.1) is 18.0 Å². The smallest absolute Gasteiger partial charge is 0.251 e. The number of nitrogens with one attached hydrogen (secondary N) is 1. The number of nitriles is 1. The van der Waals surface area contributed by atoms with Gasteiger partial charge in [-0.25, -0.2) is 9.97 Å². The summed E-state index contributed by atoms with van der Waals surface area (Å²) in [4.78, 5) is 21.0. The first-order valence-electron chi connectivity index (χ1n) is 8.42. The molecule has 1 saturated carbocycles. The molecule has 4 rings (SSSR count). The molecule has 0 atom stereocenters. The highest BCUT2D eigenvalue weighted by molar-refractivity contribution is 6.31. The maximum atomic E-state index is 12.6. The summed E-state index contributed by atoms with van der Waals surface area (Å²) in [6, 6.07) is 12.9. The number of aromatic nitrogens is 4. The van der Waals surface area contributed by atoms with Crippen LogP contribution in [0.15, 0.2) is 48.9 Å². The molecule has 1 aromatic carbocycles. The quantitative estimate of drug-likeness (QED) is 0.736. The summed E-state index contributed by atoms with van der Waals surface area (Å²) in [7, 11) is 0. The van der Waals surface area contributed by atoms with E-state index in [0.29, 0.717) is 22.2 Å². The molecule has 2 heterocycles. The van der Waals surface area contributed by atoms with Crippen molar-refractivity contribution < 1.29 is 4.79 Å². The molecule has 3 aromatic rings. The van der Waals surface area contributed by atoms with Gasteiger partial charge in [-0.05, 0) is 48.7 Å². The fraction of sp³-hybridized carbons (Fsp3) is 0.211. The Morgan fingerprint density at radius 2 is 2.15 bits per heavy atom. The average molecular weight is 379 g/mol. The van der Waals surface area contributed by atoms with Crippen LogP contribution >= 0.6 is 11.6 Å². The monoisotopic (exact) mass is 378 g/mol. The van der Waals surface area contributed by atoms with Crippen LogP contribution in [-0.2, 0) is 12.0 Å². The van der Waals surface area contributed by atoms with Crippen molar-refractivity contribution in [1.29, 1.82) is 5.26 Å². The summed E-state index contributed by atoms with van der Waals surface area (Å²) in [5.74, 6) is 0.886. The zero-order chi connectivity index (χ0) is 18.9. The van der Waals surface area contributed by atoms with Crippen molar-refractivity contribution in [2.45, 2.75) is 24.8 Å². The lowest BCUT2D eigenvalue weighted by molar-refractivity contribution is 0.0949. The Morgan fingerprint density at radius 3 is 2.85 bits per heavy atom. The number of halogens is 1. The fourth-order valence-corrected chi connectivity index (χ4v) is 3.14. The van der Waals surface area contributed by atoms with Gasteiger partial charge in [0, 0.05) is 16.8 Å². The van der Waals surface area contributed by atoms with Crippen molar-refractivity contribution in [1.82, 2.24) is 25.1 Å². The van der Waals surface area contributed by atoms with E-state index in [2.05, 4.69) is 26.5 Å². The van der Waals surface area contributed by atoms with Gasteiger partial charge in [0.2, 0.25) is 0 Å². The maximum Gasteiger partial charge on any atom is 0.251 e. The molecule has 1 aliphatic rings. The van der Waals surface area contributed by atoms with Crippen molar-refractivity contribution in [3.05, 3.63) is 70.9 Å². The minimum absolute atomic E-state index is 0.181. The lowest BCUT2D eigenvalue weighted by Crippen LogP contribution is -2.25. The van der Waals surface area contributed by atoms with Gasteiger partial charge < -0.3 is 5.32 Å². The van der Waals surface area contributed by atoms with Gasteiger partial charge in [-0.1, -0.05) is 17.7 Å². The molecule has 2 aromatic heterocycles. The second-order valence-electron chi connectivity index (χ2n) is 6.38. The second-order valence-corrected chi connectivity index (χ2v) is 6.82. The lowest BCUT2D eigenvalue weighted by Gasteiger charge is -2.11. The Bertz CT molecular complexity index is 1040. The van der Waals surface area contributed by atoms with E-state index in [1.54, 1.807) is 35.1 Å². The van der Waals surface area contributed by atoms with Crippen LogP contribution in [0.4, 0.5) is 0 Å². The third kappa shape index (κ3) is 3.39. The van der Waals surface area contributed by atoms with Crippen LogP contribution in [-0.4, -0.2) is 25.7 Å². The van der Waals surface area contributed by atoms with E-state index in [0.717, 1.165) is 18.4 Å². The van der Waals surface area contributed by atoms with Gasteiger partial charge in [-0.3, -0.25) is 4.79 Å². The fourth-order valence-electron chi connectivity index (χ4n) is 2.90. The summed E-state index contributed by atoms with van der Waals surface area (Å²) < 4.78 is 1.57. The third-order valence-electron chi connectivity index (χ3n) is 4.57. The minimum atomic E-state index is -0.501. The number of carbonyl (C=O) groups excluding carboxylic acids is 1. The van der Waals surface area contributed by atoms with Gasteiger partial charge in [-0.15, -0.1) is 0 Å². The Hall–Kier alpha value is -3.24. The van der Waals surface area contributed by atoms with E-state index in [1.807, 2.05) is 12.1 Å². The van der Waals surface area contributed by atoms with E-state index in [-0.39, 0.29) is 12.5 Å². The van der Waals surface area contributed by atoms with Crippen molar-refractivity contribution >= 4 is 17.5 Å². The molecular weight excluding hydrogens is 364 g/mol. The Morgan fingerprint density at radius 1 is 1.30 bits per heavy atom. The van der Waals surface area contributed by atoms with Gasteiger partial charge in [-0.2, -0.15) is 15.0 Å². The van der Waals surface area contributed by atoms with Crippen molar-refractivity contribution in [2.75, 3.05) is 0 Å². The molecule has 0 unspecified atom stereocenters. The number of pyridine rings is 1. The molecule has 1 fully saturated rings. The highest BCUT2D eigenvalue weighted by atomic mass is 35.5. The SMILES string of the molecule is N#CC1(c2cc(Cl)cc(C(=O)NCc3ncnn3-c3ccccn3)c2)CC1. The van der Waals surface area contributed by atoms with Crippen LogP contribution in [0.3, 0.4) is 0 Å². The van der Waals surface area contributed by atoms with Crippen LogP contribution in [0.1, 0.15) is 34.6 Å². The Labute approximate surface area is 160 Å². The average Bonchev–Trinajstić information content (AvgIpc) is 3.36. The van der Waals surface area contributed by atoms with Crippen LogP contribution in [0.5, 0.6) is 0 Å². The normalized spacial score (nSPS) is 14.4. The van der Waals surface area contributed by atoms with Gasteiger partial charge in [0.1, 0.15) is 6.33 Å². The first-order chi connectivity index (χ1) is 13.1. The van der Waals surface area contributed by atoms with Crippen LogP contribution < -0.4 is 5.32 Å². The van der Waals surface area contributed by atoms with Gasteiger partial charge in [0.15, 0.2) is 11.6 Å². The highest BCUT2D eigenvalue weighted by Crippen LogP contribution is 2.48. The third-order valence-corrected chi connectivity index (χ3v) is 4.79. The number of hydrogen-bond acceptors (Lipinski definition) is 5. The zero-order valence-electron chi connectivity index (χ0n) is 14.3. The van der Waals surface area contributed by atoms with E-state index >= 15 is 0 Å². The summed E-state index contributed by atoms with van der Waals surface area (Å²) in [5, 5.41) is 16.8. The number of rotatable bonds is 5. The van der Waals surface area contributed by atoms with Crippen molar-refractivity contribution in [3.63, 3.8) is 0 Å². The first kappa shape index (κ1) is 17.2. The predicted octanol–water partition coefficient (Wildman–Crippen LogP) is 2.80. The zero-order valence-corrected chi connectivity index (χ0v) is 15.0. The van der Waals surface area contributed by atoms with Crippen molar-refractivity contribution in [2.24, 2.45) is 0 Å². The highest BCUT2D eigenvalue weighted by Gasteiger charge is 2.45. The molecule has 0 spiro atoms. The largest absolute Gasteiger partial charge is 0.345 e. The molecule has 1 amide bonds. The van der Waals surface area contributed by atoms with Crippen molar-refractivity contribution in [3.8, 4) is 11.9 Å². The molecular formula is C19H15ClN6O. The molecule has 0 radical (unpaired) electrons. The lowest BCUT2D eigenvalue weighted by atomic mass is 9.95. The summed E-state index contributed by atoms with van der Waals surface area (Å²) >= 11 is 6.17. The molecule has 7 nitrogen and oxygen atoms in total. The second kappa shape index (κ2) is 6.82. The van der Waals surface area contributed by atoms with E-state index < -0.39 is 5.41 Å². The van der Waals surface area contributed by atoms with Crippen LogP contribution in [0.25, 0.3) is 5.82 Å². The van der Waals surface area contributed by atoms with Gasteiger partial charge in [0.25, 0.3) is 5.91 Å². The summed E-state index contributed by atoms with van der Waals surface area (Å²) in [6.07, 6.45) is 4.66. The number of carbonyl (C=O) groups is 1. The number of benzene rings is 1. The summed E-state index contributed by atoms with van der Waals surface area (Å²) in [5.41, 5.74) is 0.709. The van der Waals surface area contributed by atoms with E-state index in [1.165, 1.54) is 6.33 Å². The predicted molar refractivity (Wildman–Crippen MR) is 98.3 cm³/mol. The standard InChI is InChI=1S/C19H15ClN6O/c20-15-8-13(7-14(9-15)19(11-21)4-5-19)18(27)23-10-17-24-12-25-26(17)16-3-1-2-6-22-16/h1-3,6-9,12H,4-5,10H2,(H,23,27). The topological polar surface area (TPSA) is 96.5 Å². The molecule has 0 saturated heterocycles. The molecule has 1 aliphatic carbocycles.